The van der Waals surface area contributed by atoms with Gasteiger partial charge >= 0.3 is 12.3 Å². The fourth-order valence-corrected chi connectivity index (χ4v) is 1.78. The van der Waals surface area contributed by atoms with Crippen LogP contribution < -0.4 is 16.0 Å². The van der Waals surface area contributed by atoms with Crippen LogP contribution in [0.3, 0.4) is 0 Å². The van der Waals surface area contributed by atoms with E-state index in [0.717, 1.165) is 13.1 Å². The van der Waals surface area contributed by atoms with Crippen molar-refractivity contribution < 1.29 is 18.3 Å². The minimum atomic E-state index is -3.11. The third-order valence-electron chi connectivity index (χ3n) is 2.68. The van der Waals surface area contributed by atoms with Crippen LogP contribution in [0.25, 0.3) is 5.69 Å². The molecule has 0 unspecified atom stereocenters. The van der Waals surface area contributed by atoms with Crippen molar-refractivity contribution in [2.75, 3.05) is 0 Å². The summed E-state index contributed by atoms with van der Waals surface area (Å²) in [5.41, 5.74) is -2.21. The standard InChI is InChI=1S/C13H10F2N2O4/c1-7(18)8-6-16-13(20)17(11(8)19)9-4-2-3-5-10(9)21-12(14)15/h2-6,12H,1H3,(H,16,20). The van der Waals surface area contributed by atoms with Crippen LogP contribution in [-0.2, 0) is 0 Å². The van der Waals surface area contributed by atoms with Crippen molar-refractivity contribution in [2.24, 2.45) is 0 Å². The SMILES string of the molecule is CC(=O)c1c[nH]c(=O)n(-c2ccccc2OC(F)F)c1=O. The number of carbonyl (C=O) groups is 1. The molecular weight excluding hydrogens is 286 g/mol. The van der Waals surface area contributed by atoms with Gasteiger partial charge in [-0.15, -0.1) is 0 Å². The summed E-state index contributed by atoms with van der Waals surface area (Å²) in [6.45, 7) is -1.96. The zero-order valence-corrected chi connectivity index (χ0v) is 10.8. The zero-order valence-electron chi connectivity index (χ0n) is 10.8. The first-order chi connectivity index (χ1) is 9.91. The van der Waals surface area contributed by atoms with Crippen LogP contribution in [-0.4, -0.2) is 21.9 Å². The van der Waals surface area contributed by atoms with Gasteiger partial charge in [0.2, 0.25) is 0 Å². The first-order valence-corrected chi connectivity index (χ1v) is 5.81. The number of nitrogens with zero attached hydrogens (tertiary/aromatic N) is 1. The van der Waals surface area contributed by atoms with E-state index in [9.17, 15) is 23.2 Å². The van der Waals surface area contributed by atoms with E-state index in [1.54, 1.807) is 0 Å². The number of halogens is 2. The minimum absolute atomic E-state index is 0.174. The average molecular weight is 296 g/mol. The van der Waals surface area contributed by atoms with Gasteiger partial charge in [-0.1, -0.05) is 12.1 Å². The van der Waals surface area contributed by atoms with Gasteiger partial charge in [0.25, 0.3) is 5.56 Å². The van der Waals surface area contributed by atoms with Crippen molar-refractivity contribution in [2.45, 2.75) is 13.5 Å². The van der Waals surface area contributed by atoms with E-state index in [4.69, 9.17) is 0 Å². The molecule has 1 aromatic carbocycles. The van der Waals surface area contributed by atoms with Crippen LogP contribution in [0.1, 0.15) is 17.3 Å². The van der Waals surface area contributed by atoms with E-state index >= 15 is 0 Å². The van der Waals surface area contributed by atoms with Gasteiger partial charge in [0.1, 0.15) is 5.75 Å². The Kier molecular flexibility index (Phi) is 3.97. The molecule has 2 rings (SSSR count). The second kappa shape index (κ2) is 5.70. The van der Waals surface area contributed by atoms with Gasteiger partial charge in [-0.25, -0.2) is 9.36 Å². The summed E-state index contributed by atoms with van der Waals surface area (Å²) < 4.78 is 29.6. The van der Waals surface area contributed by atoms with E-state index in [1.807, 2.05) is 0 Å². The lowest BCUT2D eigenvalue weighted by Gasteiger charge is -2.11. The number of alkyl halides is 2. The van der Waals surface area contributed by atoms with Crippen molar-refractivity contribution in [1.82, 2.24) is 9.55 Å². The second-order valence-corrected chi connectivity index (χ2v) is 4.05. The first kappa shape index (κ1) is 14.6. The zero-order chi connectivity index (χ0) is 15.6. The number of aromatic amines is 1. The van der Waals surface area contributed by atoms with Gasteiger partial charge in [0, 0.05) is 6.20 Å². The second-order valence-electron chi connectivity index (χ2n) is 4.05. The van der Waals surface area contributed by atoms with Gasteiger partial charge in [0.15, 0.2) is 5.78 Å². The summed E-state index contributed by atoms with van der Waals surface area (Å²) in [5, 5.41) is 0. The smallest absolute Gasteiger partial charge is 0.387 e. The van der Waals surface area contributed by atoms with Crippen molar-refractivity contribution in [3.05, 3.63) is 56.9 Å². The molecule has 1 N–H and O–H groups in total. The number of H-pyrrole nitrogens is 1. The summed E-state index contributed by atoms with van der Waals surface area (Å²) in [4.78, 5) is 37.5. The summed E-state index contributed by atoms with van der Waals surface area (Å²) in [6, 6.07) is 5.31. The molecule has 0 fully saturated rings. The van der Waals surface area contributed by atoms with Gasteiger partial charge < -0.3 is 9.72 Å². The molecule has 0 aliphatic heterocycles. The molecule has 2 aromatic rings. The van der Waals surface area contributed by atoms with Gasteiger partial charge in [-0.3, -0.25) is 9.59 Å². The van der Waals surface area contributed by atoms with Crippen LogP contribution >= 0.6 is 0 Å². The highest BCUT2D eigenvalue weighted by Crippen LogP contribution is 2.22. The van der Waals surface area contributed by atoms with Gasteiger partial charge in [0.05, 0.1) is 11.3 Å². The Bertz CT molecular complexity index is 795. The number of hydrogen-bond acceptors (Lipinski definition) is 4. The van der Waals surface area contributed by atoms with Crippen LogP contribution in [0.15, 0.2) is 40.1 Å². The van der Waals surface area contributed by atoms with Gasteiger partial charge in [-0.05, 0) is 19.1 Å². The minimum Gasteiger partial charge on any atom is -0.433 e. The Hall–Kier alpha value is -2.77. The maximum absolute atomic E-state index is 12.4. The predicted molar refractivity (Wildman–Crippen MR) is 69.3 cm³/mol. The number of rotatable bonds is 4. The number of carbonyl (C=O) groups excluding carboxylic acids is 1. The lowest BCUT2D eigenvalue weighted by Crippen LogP contribution is -2.36. The Morgan fingerprint density at radius 3 is 2.57 bits per heavy atom. The number of ketones is 1. The molecule has 0 aliphatic rings. The van der Waals surface area contributed by atoms with E-state index in [-0.39, 0.29) is 17.0 Å². The molecule has 21 heavy (non-hydrogen) atoms. The fraction of sp³-hybridized carbons (Fsp3) is 0.154. The molecule has 0 spiro atoms. The molecular formula is C13H10F2N2O4. The Balaban J connectivity index is 2.74. The van der Waals surface area contributed by atoms with Crippen LogP contribution in [0.5, 0.6) is 5.75 Å². The number of ether oxygens (including phenoxy) is 1. The lowest BCUT2D eigenvalue weighted by molar-refractivity contribution is -0.0498. The third-order valence-corrected chi connectivity index (χ3v) is 2.68. The summed E-state index contributed by atoms with van der Waals surface area (Å²) in [6.07, 6.45) is 0.986. The summed E-state index contributed by atoms with van der Waals surface area (Å²) in [5.74, 6) is -0.905. The number of Topliss-reactive ketones (excluding diaryl/α,β-unsaturated/α-hetero) is 1. The van der Waals surface area contributed by atoms with E-state index in [2.05, 4.69) is 9.72 Å². The molecule has 0 saturated heterocycles. The molecule has 110 valence electrons. The highest BCUT2D eigenvalue weighted by molar-refractivity contribution is 5.93. The van der Waals surface area contributed by atoms with E-state index in [0.29, 0.717) is 4.57 Å². The number of hydrogen-bond donors (Lipinski definition) is 1. The monoisotopic (exact) mass is 296 g/mol. The van der Waals surface area contributed by atoms with Crippen molar-refractivity contribution in [1.29, 1.82) is 0 Å². The van der Waals surface area contributed by atoms with Crippen molar-refractivity contribution >= 4 is 5.78 Å². The molecule has 6 nitrogen and oxygen atoms in total. The molecule has 0 bridgehead atoms. The molecule has 8 heteroatoms. The first-order valence-electron chi connectivity index (χ1n) is 5.81. The largest absolute Gasteiger partial charge is 0.433 e. The van der Waals surface area contributed by atoms with Gasteiger partial charge in [-0.2, -0.15) is 8.78 Å². The molecule has 0 aliphatic carbocycles. The molecule has 0 saturated carbocycles. The summed E-state index contributed by atoms with van der Waals surface area (Å²) in [7, 11) is 0. The molecule has 1 heterocycles. The molecule has 0 radical (unpaired) electrons. The number of nitrogens with one attached hydrogen (secondary N) is 1. The van der Waals surface area contributed by atoms with Crippen LogP contribution in [0.2, 0.25) is 0 Å². The topological polar surface area (TPSA) is 81.2 Å². The number of aromatic nitrogens is 2. The quantitative estimate of drug-likeness (QED) is 0.863. The maximum atomic E-state index is 12.4. The fourth-order valence-electron chi connectivity index (χ4n) is 1.78. The van der Waals surface area contributed by atoms with Crippen LogP contribution in [0, 0.1) is 0 Å². The highest BCUT2D eigenvalue weighted by Gasteiger charge is 2.17. The summed E-state index contributed by atoms with van der Waals surface area (Å²) >= 11 is 0. The van der Waals surface area contributed by atoms with E-state index < -0.39 is 23.6 Å². The predicted octanol–water partition coefficient (Wildman–Crippen LogP) is 1.33. The molecule has 0 atom stereocenters. The third kappa shape index (κ3) is 2.88. The Labute approximate surface area is 116 Å². The van der Waals surface area contributed by atoms with E-state index in [1.165, 1.54) is 24.3 Å². The van der Waals surface area contributed by atoms with Crippen LogP contribution in [0.4, 0.5) is 8.78 Å². The average Bonchev–Trinajstić information content (AvgIpc) is 2.39. The Morgan fingerprint density at radius 1 is 1.29 bits per heavy atom. The normalized spacial score (nSPS) is 10.7. The van der Waals surface area contributed by atoms with Crippen molar-refractivity contribution in [3.63, 3.8) is 0 Å². The molecule has 1 aromatic heterocycles. The van der Waals surface area contributed by atoms with Crippen molar-refractivity contribution in [3.8, 4) is 11.4 Å². The number of benzene rings is 1. The maximum Gasteiger partial charge on any atom is 0.387 e. The lowest BCUT2D eigenvalue weighted by atomic mass is 10.2. The molecule has 0 amide bonds. The Morgan fingerprint density at radius 2 is 1.95 bits per heavy atom. The highest BCUT2D eigenvalue weighted by atomic mass is 19.3. The number of para-hydroxylation sites is 2.